The van der Waals surface area contributed by atoms with Gasteiger partial charge in [-0.05, 0) is 24.5 Å². The van der Waals surface area contributed by atoms with Crippen LogP contribution in [0, 0.1) is 0 Å². The molecule has 1 unspecified atom stereocenters. The highest BCUT2D eigenvalue weighted by Gasteiger charge is 2.24. The molecule has 1 atom stereocenters. The molecule has 0 radical (unpaired) electrons. The smallest absolute Gasteiger partial charge is 0.410 e. The number of benzene rings is 1. The molecular weight excluding hydrogens is 364 g/mol. The maximum Gasteiger partial charge on any atom is 0.412 e. The minimum Gasteiger partial charge on any atom is -0.410 e. The monoisotopic (exact) mass is 386 g/mol. The standard InChI is InChI=1S/C16H22N2O7S/c1-3-8-17-16(20)23-12-5-6-13-11(10-18-14(13)9-12)4-7-15(19)24-25-26(2,21)22/h5-6,9,11,18H,3-4,7-8,10H2,1-2H3,(H,17,20). The van der Waals surface area contributed by atoms with Crippen LogP contribution in [0.1, 0.15) is 37.7 Å². The van der Waals surface area contributed by atoms with Crippen molar-refractivity contribution in [2.45, 2.75) is 32.1 Å². The highest BCUT2D eigenvalue weighted by atomic mass is 32.2. The number of nitrogens with one attached hydrogen (secondary N) is 2. The van der Waals surface area contributed by atoms with Gasteiger partial charge in [-0.15, -0.1) is 0 Å². The Morgan fingerprint density at radius 1 is 1.35 bits per heavy atom. The average Bonchev–Trinajstić information content (AvgIpc) is 2.98. The summed E-state index contributed by atoms with van der Waals surface area (Å²) in [6, 6.07) is 5.25. The second-order valence-corrected chi connectivity index (χ2v) is 7.45. The van der Waals surface area contributed by atoms with Gasteiger partial charge in [-0.25, -0.2) is 9.59 Å². The normalized spacial score (nSPS) is 15.7. The summed E-state index contributed by atoms with van der Waals surface area (Å²) in [4.78, 5) is 27.3. The Kier molecular flexibility index (Phi) is 6.81. The lowest BCUT2D eigenvalue weighted by atomic mass is 9.96. The number of rotatable bonds is 8. The summed E-state index contributed by atoms with van der Waals surface area (Å²) in [7, 11) is -3.83. The maximum absolute atomic E-state index is 11.6. The van der Waals surface area contributed by atoms with Crippen LogP contribution < -0.4 is 15.4 Å². The molecule has 1 aliphatic rings. The molecule has 0 saturated carbocycles. The van der Waals surface area contributed by atoms with Gasteiger partial charge in [0, 0.05) is 37.2 Å². The molecule has 0 fully saturated rings. The average molecular weight is 386 g/mol. The lowest BCUT2D eigenvalue weighted by Gasteiger charge is -2.10. The number of carbonyl (C=O) groups excluding carboxylic acids is 2. The molecule has 0 spiro atoms. The Morgan fingerprint density at radius 3 is 2.81 bits per heavy atom. The zero-order valence-electron chi connectivity index (χ0n) is 14.6. The van der Waals surface area contributed by atoms with Crippen molar-refractivity contribution in [1.29, 1.82) is 0 Å². The minimum absolute atomic E-state index is 0.0129. The molecule has 0 aromatic heterocycles. The Bertz CT molecular complexity index is 764. The van der Waals surface area contributed by atoms with Crippen LogP contribution in [0.15, 0.2) is 18.2 Å². The molecule has 1 heterocycles. The third-order valence-electron chi connectivity index (χ3n) is 3.68. The second kappa shape index (κ2) is 8.86. The van der Waals surface area contributed by atoms with Crippen LogP contribution in [-0.2, 0) is 24.1 Å². The highest BCUT2D eigenvalue weighted by Crippen LogP contribution is 2.36. The number of hydrogen-bond acceptors (Lipinski definition) is 8. The summed E-state index contributed by atoms with van der Waals surface area (Å²) < 4.78 is 30.8. The molecule has 2 rings (SSSR count). The molecule has 0 aliphatic carbocycles. The fraction of sp³-hybridized carbons (Fsp3) is 0.500. The molecular formula is C16H22N2O7S. The van der Waals surface area contributed by atoms with E-state index in [9.17, 15) is 18.0 Å². The van der Waals surface area contributed by atoms with Gasteiger partial charge >= 0.3 is 12.1 Å². The van der Waals surface area contributed by atoms with E-state index in [0.717, 1.165) is 23.9 Å². The summed E-state index contributed by atoms with van der Waals surface area (Å²) in [6.07, 6.45) is 1.58. The van der Waals surface area contributed by atoms with Crippen LogP contribution in [0.3, 0.4) is 0 Å². The molecule has 0 bridgehead atoms. The van der Waals surface area contributed by atoms with Gasteiger partial charge in [-0.2, -0.15) is 8.42 Å². The van der Waals surface area contributed by atoms with Gasteiger partial charge in [-0.1, -0.05) is 17.3 Å². The van der Waals surface area contributed by atoms with E-state index in [2.05, 4.69) is 19.9 Å². The van der Waals surface area contributed by atoms with Crippen LogP contribution in [0.5, 0.6) is 5.75 Å². The van der Waals surface area contributed by atoms with Crippen molar-refractivity contribution in [2.24, 2.45) is 0 Å². The van der Waals surface area contributed by atoms with Crippen molar-refractivity contribution in [1.82, 2.24) is 5.32 Å². The zero-order valence-corrected chi connectivity index (χ0v) is 15.4. The zero-order chi connectivity index (χ0) is 19.2. The van der Waals surface area contributed by atoms with Crippen LogP contribution in [0.2, 0.25) is 0 Å². The van der Waals surface area contributed by atoms with E-state index in [1.165, 1.54) is 0 Å². The van der Waals surface area contributed by atoms with Crippen LogP contribution in [0.4, 0.5) is 10.5 Å². The first-order valence-corrected chi connectivity index (χ1v) is 10.0. The molecule has 144 valence electrons. The van der Waals surface area contributed by atoms with Gasteiger partial charge in [0.15, 0.2) is 0 Å². The number of fused-ring (bicyclic) bond motifs is 1. The first-order valence-electron chi connectivity index (χ1n) is 8.21. The first kappa shape index (κ1) is 20.0. The van der Waals surface area contributed by atoms with Crippen molar-refractivity contribution in [3.63, 3.8) is 0 Å². The van der Waals surface area contributed by atoms with Gasteiger partial charge in [0.1, 0.15) is 5.75 Å². The van der Waals surface area contributed by atoms with Crippen LogP contribution in [-0.4, -0.2) is 39.8 Å². The number of hydrogen-bond donors (Lipinski definition) is 2. The SMILES string of the molecule is CCCNC(=O)Oc1ccc2c(c1)NCC2CCC(=O)OOS(C)(=O)=O. The number of amides is 1. The van der Waals surface area contributed by atoms with E-state index in [0.29, 0.717) is 25.3 Å². The summed E-state index contributed by atoms with van der Waals surface area (Å²) >= 11 is 0. The lowest BCUT2D eigenvalue weighted by Crippen LogP contribution is -2.27. The van der Waals surface area contributed by atoms with Crippen molar-refractivity contribution in [3.05, 3.63) is 23.8 Å². The molecule has 26 heavy (non-hydrogen) atoms. The molecule has 0 saturated heterocycles. The van der Waals surface area contributed by atoms with Crippen molar-refractivity contribution >= 4 is 27.9 Å². The third kappa shape index (κ3) is 6.19. The Hall–Kier alpha value is -2.33. The topological polar surface area (TPSA) is 120 Å². The molecule has 2 N–H and O–H groups in total. The van der Waals surface area contributed by atoms with E-state index in [-0.39, 0.29) is 12.3 Å². The summed E-state index contributed by atoms with van der Waals surface area (Å²) in [5.41, 5.74) is 1.82. The van der Waals surface area contributed by atoms with Gasteiger partial charge in [0.05, 0.1) is 6.26 Å². The van der Waals surface area contributed by atoms with E-state index in [4.69, 9.17) is 4.74 Å². The van der Waals surface area contributed by atoms with Gasteiger partial charge in [0.25, 0.3) is 10.1 Å². The minimum atomic E-state index is -3.83. The van der Waals surface area contributed by atoms with Crippen LogP contribution in [0.25, 0.3) is 0 Å². The van der Waals surface area contributed by atoms with E-state index in [1.807, 2.05) is 13.0 Å². The number of ether oxygens (including phenoxy) is 1. The molecule has 1 aromatic carbocycles. The molecule has 9 nitrogen and oxygen atoms in total. The van der Waals surface area contributed by atoms with Crippen molar-refractivity contribution in [3.8, 4) is 5.75 Å². The summed E-state index contributed by atoms with van der Waals surface area (Å²) in [5, 5.41) is 5.82. The fourth-order valence-electron chi connectivity index (χ4n) is 2.51. The van der Waals surface area contributed by atoms with Crippen molar-refractivity contribution < 1.29 is 32.0 Å². The first-order chi connectivity index (χ1) is 12.3. The van der Waals surface area contributed by atoms with Gasteiger partial charge in [-0.3, -0.25) is 4.89 Å². The van der Waals surface area contributed by atoms with E-state index >= 15 is 0 Å². The third-order valence-corrected chi connectivity index (χ3v) is 4.00. The molecule has 1 aromatic rings. The fourth-order valence-corrected chi connectivity index (χ4v) is 2.71. The summed E-state index contributed by atoms with van der Waals surface area (Å²) in [6.45, 7) is 3.10. The van der Waals surface area contributed by atoms with Gasteiger partial charge in [0.2, 0.25) is 0 Å². The van der Waals surface area contributed by atoms with Gasteiger partial charge < -0.3 is 15.4 Å². The second-order valence-electron chi connectivity index (χ2n) is 5.91. The molecule has 1 amide bonds. The van der Waals surface area contributed by atoms with Crippen molar-refractivity contribution in [2.75, 3.05) is 24.7 Å². The predicted molar refractivity (Wildman–Crippen MR) is 93.2 cm³/mol. The Labute approximate surface area is 152 Å². The largest absolute Gasteiger partial charge is 0.412 e. The Balaban J connectivity index is 1.87. The predicted octanol–water partition coefficient (Wildman–Crippen LogP) is 1.91. The number of anilines is 1. The molecule has 1 aliphatic heterocycles. The lowest BCUT2D eigenvalue weighted by molar-refractivity contribution is -0.211. The van der Waals surface area contributed by atoms with E-state index < -0.39 is 22.2 Å². The quantitative estimate of drug-likeness (QED) is 0.513. The maximum atomic E-state index is 11.6. The number of carbonyl (C=O) groups is 2. The molecule has 10 heteroatoms. The Morgan fingerprint density at radius 2 is 2.12 bits per heavy atom. The van der Waals surface area contributed by atoms with E-state index in [1.54, 1.807) is 12.1 Å². The highest BCUT2D eigenvalue weighted by molar-refractivity contribution is 7.85. The summed E-state index contributed by atoms with van der Waals surface area (Å²) in [5.74, 6) is -0.276. The van der Waals surface area contributed by atoms with Crippen LogP contribution >= 0.6 is 0 Å².